The van der Waals surface area contributed by atoms with Crippen molar-refractivity contribution in [3.63, 3.8) is 0 Å². The molecule has 0 bridgehead atoms. The predicted molar refractivity (Wildman–Crippen MR) is 87.4 cm³/mol. The lowest BCUT2D eigenvalue weighted by Crippen LogP contribution is -2.49. The third-order valence-electron chi connectivity index (χ3n) is 4.59. The Labute approximate surface area is 127 Å². The number of furan rings is 1. The molecule has 114 valence electrons. The van der Waals surface area contributed by atoms with Crippen molar-refractivity contribution in [2.45, 2.75) is 51.7 Å². The van der Waals surface area contributed by atoms with Crippen LogP contribution in [0.25, 0.3) is 11.0 Å². The molecule has 1 N–H and O–H groups in total. The summed E-state index contributed by atoms with van der Waals surface area (Å²) in [6.07, 6.45) is 4.35. The van der Waals surface area contributed by atoms with Gasteiger partial charge < -0.3 is 9.73 Å². The summed E-state index contributed by atoms with van der Waals surface area (Å²) < 4.78 is 5.60. The first-order valence-electron chi connectivity index (χ1n) is 7.97. The van der Waals surface area contributed by atoms with Gasteiger partial charge >= 0.3 is 0 Å². The van der Waals surface area contributed by atoms with Crippen molar-refractivity contribution in [2.24, 2.45) is 0 Å². The molecule has 3 heteroatoms. The molecule has 1 aromatic heterocycles. The van der Waals surface area contributed by atoms with Crippen LogP contribution in [0.15, 0.2) is 34.9 Å². The zero-order valence-electron chi connectivity index (χ0n) is 13.4. The molecule has 1 saturated heterocycles. The molecule has 2 aromatic rings. The summed E-state index contributed by atoms with van der Waals surface area (Å²) in [5, 5.41) is 4.93. The summed E-state index contributed by atoms with van der Waals surface area (Å²) in [4.78, 5) is 2.58. The van der Waals surface area contributed by atoms with Crippen LogP contribution in [0.2, 0.25) is 0 Å². The highest BCUT2D eigenvalue weighted by Gasteiger charge is 2.26. The highest BCUT2D eigenvalue weighted by molar-refractivity contribution is 5.80. The van der Waals surface area contributed by atoms with Crippen LogP contribution in [0.1, 0.15) is 39.2 Å². The van der Waals surface area contributed by atoms with Gasteiger partial charge in [-0.15, -0.1) is 0 Å². The fourth-order valence-corrected chi connectivity index (χ4v) is 3.18. The van der Waals surface area contributed by atoms with Gasteiger partial charge in [-0.1, -0.05) is 18.2 Å². The van der Waals surface area contributed by atoms with Gasteiger partial charge in [0, 0.05) is 42.2 Å². The van der Waals surface area contributed by atoms with Crippen LogP contribution in [-0.4, -0.2) is 29.6 Å². The molecule has 0 saturated carbocycles. The average Bonchev–Trinajstić information content (AvgIpc) is 2.88. The average molecular weight is 286 g/mol. The molecular weight excluding hydrogens is 260 g/mol. The summed E-state index contributed by atoms with van der Waals surface area (Å²) in [7, 11) is 0. The number of benzene rings is 1. The normalized spacial score (nSPS) is 18.4. The van der Waals surface area contributed by atoms with Crippen LogP contribution in [0.5, 0.6) is 0 Å². The van der Waals surface area contributed by atoms with Gasteiger partial charge in [-0.3, -0.25) is 4.90 Å². The van der Waals surface area contributed by atoms with Gasteiger partial charge in [-0.25, -0.2) is 0 Å². The Balaban J connectivity index is 1.55. The Bertz CT molecular complexity index is 589. The summed E-state index contributed by atoms with van der Waals surface area (Å²) in [6, 6.07) is 8.88. The third kappa shape index (κ3) is 3.30. The number of rotatable bonds is 3. The lowest BCUT2D eigenvalue weighted by molar-refractivity contribution is 0.0960. The maximum atomic E-state index is 5.60. The summed E-state index contributed by atoms with van der Waals surface area (Å²) >= 11 is 0. The van der Waals surface area contributed by atoms with Gasteiger partial charge in [-0.2, -0.15) is 0 Å². The maximum Gasteiger partial charge on any atom is 0.134 e. The highest BCUT2D eigenvalue weighted by Crippen LogP contribution is 2.22. The second-order valence-corrected chi connectivity index (χ2v) is 7.07. The molecule has 0 spiro atoms. The number of hydrogen-bond donors (Lipinski definition) is 1. The molecule has 1 aromatic carbocycles. The van der Waals surface area contributed by atoms with E-state index < -0.39 is 0 Å². The maximum absolute atomic E-state index is 5.60. The fourth-order valence-electron chi connectivity index (χ4n) is 3.18. The summed E-state index contributed by atoms with van der Waals surface area (Å²) in [5.74, 6) is 0. The van der Waals surface area contributed by atoms with Gasteiger partial charge in [0.05, 0.1) is 6.26 Å². The van der Waals surface area contributed by atoms with Crippen LogP contribution in [0.4, 0.5) is 0 Å². The van der Waals surface area contributed by atoms with Gasteiger partial charge in [-0.05, 0) is 39.7 Å². The largest absolute Gasteiger partial charge is 0.464 e. The number of likely N-dealkylation sites (tertiary alicyclic amines) is 1. The number of nitrogens with one attached hydrogen (secondary N) is 1. The smallest absolute Gasteiger partial charge is 0.134 e. The molecule has 0 amide bonds. The van der Waals surface area contributed by atoms with E-state index >= 15 is 0 Å². The van der Waals surface area contributed by atoms with E-state index in [4.69, 9.17) is 4.42 Å². The quantitative estimate of drug-likeness (QED) is 0.930. The van der Waals surface area contributed by atoms with Crippen molar-refractivity contribution in [3.8, 4) is 0 Å². The second-order valence-electron chi connectivity index (χ2n) is 7.07. The van der Waals surface area contributed by atoms with Gasteiger partial charge in [0.15, 0.2) is 0 Å². The molecule has 1 aliphatic heterocycles. The monoisotopic (exact) mass is 286 g/mol. The topological polar surface area (TPSA) is 28.4 Å². The van der Waals surface area contributed by atoms with Crippen molar-refractivity contribution in [1.29, 1.82) is 0 Å². The SMILES string of the molecule is CC(C)(C)N1CCC(NCc2coc3ccccc23)CC1. The molecule has 0 radical (unpaired) electrons. The summed E-state index contributed by atoms with van der Waals surface area (Å²) in [6.45, 7) is 10.2. The Morgan fingerprint density at radius 2 is 1.90 bits per heavy atom. The Hall–Kier alpha value is -1.32. The molecule has 3 nitrogen and oxygen atoms in total. The second kappa shape index (κ2) is 5.82. The minimum absolute atomic E-state index is 0.297. The van der Waals surface area contributed by atoms with Crippen LogP contribution in [0.3, 0.4) is 0 Å². The molecule has 0 unspecified atom stereocenters. The zero-order chi connectivity index (χ0) is 14.9. The Kier molecular flexibility index (Phi) is 4.05. The minimum Gasteiger partial charge on any atom is -0.464 e. The van der Waals surface area contributed by atoms with E-state index in [0.717, 1.165) is 12.1 Å². The van der Waals surface area contributed by atoms with Crippen molar-refractivity contribution in [1.82, 2.24) is 10.2 Å². The van der Waals surface area contributed by atoms with E-state index in [1.54, 1.807) is 0 Å². The molecule has 0 atom stereocenters. The lowest BCUT2D eigenvalue weighted by atomic mass is 9.98. The van der Waals surface area contributed by atoms with Crippen molar-refractivity contribution in [2.75, 3.05) is 13.1 Å². The molecule has 2 heterocycles. The lowest BCUT2D eigenvalue weighted by Gasteiger charge is -2.41. The fraction of sp³-hybridized carbons (Fsp3) is 0.556. The number of nitrogens with zero attached hydrogens (tertiary/aromatic N) is 1. The molecule has 3 rings (SSSR count). The first kappa shape index (κ1) is 14.6. The van der Waals surface area contributed by atoms with Crippen LogP contribution < -0.4 is 5.32 Å². The van der Waals surface area contributed by atoms with Crippen LogP contribution >= 0.6 is 0 Å². The number of piperidine rings is 1. The minimum atomic E-state index is 0.297. The van der Waals surface area contributed by atoms with Gasteiger partial charge in [0.25, 0.3) is 0 Å². The highest BCUT2D eigenvalue weighted by atomic mass is 16.3. The number of para-hydroxylation sites is 1. The standard InChI is InChI=1S/C18H26N2O/c1-18(2,3)20-10-8-15(9-11-20)19-12-14-13-21-17-7-5-4-6-16(14)17/h4-7,13,15,19H,8-12H2,1-3H3. The Morgan fingerprint density at radius 3 is 2.62 bits per heavy atom. The molecule has 21 heavy (non-hydrogen) atoms. The van der Waals surface area contributed by atoms with E-state index in [1.807, 2.05) is 18.4 Å². The van der Waals surface area contributed by atoms with Crippen molar-refractivity contribution >= 4 is 11.0 Å². The Morgan fingerprint density at radius 1 is 1.19 bits per heavy atom. The van der Waals surface area contributed by atoms with Crippen LogP contribution in [-0.2, 0) is 6.54 Å². The van der Waals surface area contributed by atoms with Gasteiger partial charge in [0.1, 0.15) is 5.58 Å². The van der Waals surface area contributed by atoms with Crippen LogP contribution in [0, 0.1) is 0 Å². The number of hydrogen-bond acceptors (Lipinski definition) is 3. The summed E-state index contributed by atoms with van der Waals surface area (Å²) in [5.41, 5.74) is 2.55. The first-order chi connectivity index (χ1) is 10.0. The predicted octanol–water partition coefficient (Wildman–Crippen LogP) is 3.79. The van der Waals surface area contributed by atoms with E-state index in [-0.39, 0.29) is 0 Å². The van der Waals surface area contributed by atoms with E-state index in [9.17, 15) is 0 Å². The third-order valence-corrected chi connectivity index (χ3v) is 4.59. The van der Waals surface area contributed by atoms with E-state index in [1.165, 1.54) is 36.9 Å². The molecule has 1 aliphatic rings. The van der Waals surface area contributed by atoms with Crippen molar-refractivity contribution in [3.05, 3.63) is 36.1 Å². The zero-order valence-corrected chi connectivity index (χ0v) is 13.4. The number of fused-ring (bicyclic) bond motifs is 1. The van der Waals surface area contributed by atoms with E-state index in [0.29, 0.717) is 11.6 Å². The first-order valence-corrected chi connectivity index (χ1v) is 7.97. The molecule has 1 fully saturated rings. The van der Waals surface area contributed by atoms with Gasteiger partial charge in [0.2, 0.25) is 0 Å². The molecular formula is C18H26N2O. The van der Waals surface area contributed by atoms with Crippen molar-refractivity contribution < 1.29 is 4.42 Å². The molecule has 0 aliphatic carbocycles. The van der Waals surface area contributed by atoms with E-state index in [2.05, 4.69) is 43.1 Å².